The smallest absolute Gasteiger partial charge is 0.410 e. The second kappa shape index (κ2) is 7.04. The van der Waals surface area contributed by atoms with Crippen molar-refractivity contribution in [2.75, 3.05) is 13.2 Å². The fourth-order valence-corrected chi connectivity index (χ4v) is 5.47. The lowest BCUT2D eigenvalue weighted by atomic mass is 9.43. The van der Waals surface area contributed by atoms with Crippen molar-refractivity contribution < 1.29 is 23.5 Å². The normalized spacial score (nSPS) is 33.1. The minimum absolute atomic E-state index is 0.0149. The van der Waals surface area contributed by atoms with Crippen LogP contribution in [0.2, 0.25) is 5.02 Å². The third kappa shape index (κ3) is 3.14. The van der Waals surface area contributed by atoms with Crippen LogP contribution in [0.1, 0.15) is 38.5 Å². The number of benzene rings is 1. The van der Waals surface area contributed by atoms with Gasteiger partial charge in [-0.25, -0.2) is 9.18 Å². The summed E-state index contributed by atoms with van der Waals surface area (Å²) in [4.78, 5) is 26.4. The Morgan fingerprint density at radius 3 is 2.83 bits per heavy atom. The molecule has 0 bridgehead atoms. The van der Waals surface area contributed by atoms with Crippen LogP contribution in [0.25, 0.3) is 0 Å². The first-order chi connectivity index (χ1) is 14.0. The minimum Gasteiger partial charge on any atom is -0.484 e. The molecule has 3 saturated carbocycles. The van der Waals surface area contributed by atoms with E-state index in [4.69, 9.17) is 21.1 Å². The Morgan fingerprint density at radius 1 is 1.38 bits per heavy atom. The molecule has 3 unspecified atom stereocenters. The molecular weight excluding hydrogens is 399 g/mol. The van der Waals surface area contributed by atoms with Crippen molar-refractivity contribution in [1.29, 1.82) is 0 Å². The van der Waals surface area contributed by atoms with E-state index in [9.17, 15) is 14.0 Å². The lowest BCUT2D eigenvalue weighted by molar-refractivity contribution is -0.173. The van der Waals surface area contributed by atoms with E-state index in [1.807, 2.05) is 4.90 Å². The molecule has 1 saturated heterocycles. The van der Waals surface area contributed by atoms with Gasteiger partial charge >= 0.3 is 6.09 Å². The van der Waals surface area contributed by atoms with E-state index >= 15 is 0 Å². The third-order valence-corrected chi connectivity index (χ3v) is 7.66. The predicted molar refractivity (Wildman–Crippen MR) is 103 cm³/mol. The molecule has 1 aromatic rings. The van der Waals surface area contributed by atoms with Gasteiger partial charge in [-0.3, -0.25) is 4.79 Å². The van der Waals surface area contributed by atoms with Crippen LogP contribution in [-0.2, 0) is 9.53 Å². The highest BCUT2D eigenvalue weighted by Crippen LogP contribution is 2.64. The van der Waals surface area contributed by atoms with Gasteiger partial charge in [-0.05, 0) is 56.6 Å². The zero-order valence-corrected chi connectivity index (χ0v) is 16.8. The van der Waals surface area contributed by atoms with Crippen molar-refractivity contribution >= 4 is 23.6 Å². The molecule has 8 heteroatoms. The molecule has 29 heavy (non-hydrogen) atoms. The van der Waals surface area contributed by atoms with E-state index in [1.54, 1.807) is 0 Å². The molecule has 0 spiro atoms. The summed E-state index contributed by atoms with van der Waals surface area (Å²) in [5.74, 6) is -0.198. The maximum atomic E-state index is 13.4. The number of ether oxygens (including phenoxy) is 2. The second-order valence-corrected chi connectivity index (χ2v) is 9.14. The Hall–Kier alpha value is -2.02. The number of fused-ring (bicyclic) bond motifs is 1. The van der Waals surface area contributed by atoms with Gasteiger partial charge in [-0.1, -0.05) is 11.6 Å². The van der Waals surface area contributed by atoms with Crippen LogP contribution >= 0.6 is 11.6 Å². The van der Waals surface area contributed by atoms with Crippen molar-refractivity contribution in [3.05, 3.63) is 29.0 Å². The van der Waals surface area contributed by atoms with Gasteiger partial charge in [0, 0.05) is 23.6 Å². The molecule has 4 aliphatic rings. The molecular formula is C21H24ClFN2O4. The van der Waals surface area contributed by atoms with E-state index in [0.717, 1.165) is 38.2 Å². The standard InChI is InChI=1S/C21H24ClFN2O4/c22-15-5-4-13(8-16(15)23)28-11-19(26)24-17-9-21(7-6-14(17)21)18-10-25(20(27)29-18)12-2-1-3-12/h4-5,8,12,14,17-18H,1-3,6-7,9-11H2,(H,24,26)/t14?,17?,18-,21?/m0/s1. The molecule has 5 rings (SSSR count). The van der Waals surface area contributed by atoms with Gasteiger partial charge < -0.3 is 19.7 Å². The van der Waals surface area contributed by atoms with Gasteiger partial charge in [-0.15, -0.1) is 0 Å². The second-order valence-electron chi connectivity index (χ2n) is 8.73. The lowest BCUT2D eigenvalue weighted by Gasteiger charge is -2.64. The molecule has 1 aromatic carbocycles. The van der Waals surface area contributed by atoms with Crippen LogP contribution in [0.4, 0.5) is 9.18 Å². The van der Waals surface area contributed by atoms with Crippen molar-refractivity contribution in [3.8, 4) is 5.75 Å². The summed E-state index contributed by atoms with van der Waals surface area (Å²) >= 11 is 5.64. The van der Waals surface area contributed by atoms with Crippen LogP contribution < -0.4 is 10.1 Å². The summed E-state index contributed by atoms with van der Waals surface area (Å²) in [5.41, 5.74) is 0.0201. The average Bonchev–Trinajstić information content (AvgIpc) is 2.99. The SMILES string of the molecule is O=C(COc1ccc(Cl)c(F)c1)NC1CC2([C@@H]3CN(C4CCC4)C(=O)O3)CCC12. The molecule has 0 aromatic heterocycles. The highest BCUT2D eigenvalue weighted by Gasteiger charge is 2.66. The molecule has 1 aliphatic heterocycles. The number of rotatable bonds is 6. The van der Waals surface area contributed by atoms with Crippen molar-refractivity contribution in [3.63, 3.8) is 0 Å². The Labute approximate surface area is 173 Å². The maximum absolute atomic E-state index is 13.4. The molecule has 156 valence electrons. The third-order valence-electron chi connectivity index (χ3n) is 7.35. The zero-order chi connectivity index (χ0) is 20.2. The van der Waals surface area contributed by atoms with Crippen LogP contribution in [0.3, 0.4) is 0 Å². The van der Waals surface area contributed by atoms with Gasteiger partial charge in [0.2, 0.25) is 0 Å². The summed E-state index contributed by atoms with van der Waals surface area (Å²) < 4.78 is 24.6. The fourth-order valence-electron chi connectivity index (χ4n) is 5.35. The highest BCUT2D eigenvalue weighted by atomic mass is 35.5. The Kier molecular flexibility index (Phi) is 4.61. The fraction of sp³-hybridized carbons (Fsp3) is 0.619. The molecule has 4 fully saturated rings. The van der Waals surface area contributed by atoms with Gasteiger partial charge in [0.1, 0.15) is 17.7 Å². The summed E-state index contributed by atoms with van der Waals surface area (Å²) in [6.07, 6.45) is 6.02. The lowest BCUT2D eigenvalue weighted by Crippen LogP contribution is -2.69. The van der Waals surface area contributed by atoms with Crippen LogP contribution in [0.15, 0.2) is 18.2 Å². The molecule has 2 amide bonds. The first-order valence-corrected chi connectivity index (χ1v) is 10.7. The van der Waals surface area contributed by atoms with E-state index in [1.165, 1.54) is 18.6 Å². The number of amides is 2. The molecule has 4 atom stereocenters. The predicted octanol–water partition coefficient (Wildman–Crippen LogP) is 3.52. The summed E-state index contributed by atoms with van der Waals surface area (Å²) in [5, 5.41) is 3.04. The van der Waals surface area contributed by atoms with Gasteiger partial charge in [0.25, 0.3) is 5.91 Å². The highest BCUT2D eigenvalue weighted by molar-refractivity contribution is 6.30. The van der Waals surface area contributed by atoms with Crippen molar-refractivity contribution in [1.82, 2.24) is 10.2 Å². The zero-order valence-electron chi connectivity index (χ0n) is 16.0. The van der Waals surface area contributed by atoms with E-state index in [0.29, 0.717) is 18.5 Å². The van der Waals surface area contributed by atoms with Gasteiger partial charge in [0.05, 0.1) is 11.6 Å². The van der Waals surface area contributed by atoms with Crippen LogP contribution in [-0.4, -0.2) is 48.2 Å². The number of cyclic esters (lactones) is 1. The topological polar surface area (TPSA) is 67.9 Å². The monoisotopic (exact) mass is 422 g/mol. The number of halogens is 2. The maximum Gasteiger partial charge on any atom is 0.410 e. The number of carbonyl (C=O) groups is 2. The largest absolute Gasteiger partial charge is 0.484 e. The number of hydrogen-bond acceptors (Lipinski definition) is 4. The quantitative estimate of drug-likeness (QED) is 0.761. The van der Waals surface area contributed by atoms with Crippen molar-refractivity contribution in [2.24, 2.45) is 11.3 Å². The van der Waals surface area contributed by atoms with E-state index in [2.05, 4.69) is 5.32 Å². The number of nitrogens with zero attached hydrogens (tertiary/aromatic N) is 1. The first kappa shape index (κ1) is 19.0. The Morgan fingerprint density at radius 2 is 2.21 bits per heavy atom. The number of hydrogen-bond donors (Lipinski definition) is 1. The number of nitrogens with one attached hydrogen (secondary N) is 1. The Bertz CT molecular complexity index is 848. The minimum atomic E-state index is -0.579. The first-order valence-electron chi connectivity index (χ1n) is 10.3. The number of carbonyl (C=O) groups excluding carboxylic acids is 2. The van der Waals surface area contributed by atoms with Crippen molar-refractivity contribution in [2.45, 2.75) is 56.7 Å². The van der Waals surface area contributed by atoms with E-state index in [-0.39, 0.29) is 46.9 Å². The molecule has 0 radical (unpaired) electrons. The van der Waals surface area contributed by atoms with E-state index < -0.39 is 5.82 Å². The van der Waals surface area contributed by atoms with Gasteiger partial charge in [0.15, 0.2) is 6.61 Å². The average molecular weight is 423 g/mol. The summed E-state index contributed by atoms with van der Waals surface area (Å²) in [6.45, 7) is 0.511. The van der Waals surface area contributed by atoms with Crippen LogP contribution in [0, 0.1) is 17.2 Å². The summed E-state index contributed by atoms with van der Waals surface area (Å²) in [6, 6.07) is 4.53. The molecule has 1 heterocycles. The molecule has 3 aliphatic carbocycles. The molecule has 1 N–H and O–H groups in total. The Balaban J connectivity index is 1.12. The summed E-state index contributed by atoms with van der Waals surface area (Å²) in [7, 11) is 0. The van der Waals surface area contributed by atoms with Gasteiger partial charge in [-0.2, -0.15) is 0 Å². The van der Waals surface area contributed by atoms with Crippen LogP contribution in [0.5, 0.6) is 5.75 Å². The molecule has 6 nitrogen and oxygen atoms in total.